The topological polar surface area (TPSA) is 192 Å². The van der Waals surface area contributed by atoms with E-state index in [0.29, 0.717) is 13.0 Å². The van der Waals surface area contributed by atoms with Crippen LogP contribution in [-0.2, 0) is 27.9 Å². The monoisotopic (exact) mass is 965 g/mol. The molecule has 1 aliphatic rings. The van der Waals surface area contributed by atoms with Crippen LogP contribution in [0.4, 0.5) is 0 Å². The van der Waals surface area contributed by atoms with Crippen molar-refractivity contribution in [3.05, 3.63) is 0 Å². The Balaban J connectivity index is 2.27. The summed E-state index contributed by atoms with van der Waals surface area (Å²) >= 11 is 0. The molecular weight excluding hydrogens is 860 g/mol. The number of hydrogen-bond donors (Lipinski definition) is 6. The van der Waals surface area contributed by atoms with Crippen LogP contribution < -0.4 is 0 Å². The summed E-state index contributed by atoms with van der Waals surface area (Å²) in [5.41, 5.74) is 0. The summed E-state index contributed by atoms with van der Waals surface area (Å²) < 4.78 is 34.4. The van der Waals surface area contributed by atoms with Crippen molar-refractivity contribution in [1.82, 2.24) is 0 Å². The van der Waals surface area contributed by atoms with Gasteiger partial charge in [0.05, 0.1) is 13.2 Å². The van der Waals surface area contributed by atoms with Crippen LogP contribution in [0, 0.1) is 0 Å². The molecule has 6 unspecified atom stereocenters. The summed E-state index contributed by atoms with van der Waals surface area (Å²) in [4.78, 5) is 23.3. The maximum atomic E-state index is 12.9. The van der Waals surface area contributed by atoms with E-state index in [0.717, 1.165) is 38.5 Å². The Morgan fingerprint density at radius 3 is 1.05 bits per heavy atom. The predicted molar refractivity (Wildman–Crippen MR) is 267 cm³/mol. The molecule has 13 heteroatoms. The molecule has 0 aromatic heterocycles. The van der Waals surface area contributed by atoms with Gasteiger partial charge in [-0.15, -0.1) is 0 Å². The minimum Gasteiger partial charge on any atom is -0.457 e. The van der Waals surface area contributed by atoms with Crippen LogP contribution in [0.3, 0.4) is 0 Å². The van der Waals surface area contributed by atoms with E-state index in [9.17, 15) is 39.8 Å². The molecule has 0 aromatic rings. The van der Waals surface area contributed by atoms with Crippen molar-refractivity contribution in [2.45, 2.75) is 313 Å². The second-order valence-corrected chi connectivity index (χ2v) is 21.2. The Morgan fingerprint density at radius 2 is 0.712 bits per heavy atom. The van der Waals surface area contributed by atoms with E-state index in [1.54, 1.807) is 0 Å². The lowest BCUT2D eigenvalue weighted by atomic mass is 9.85. The summed E-state index contributed by atoms with van der Waals surface area (Å²) in [5.74, 6) is -0.468. The predicted octanol–water partition coefficient (Wildman–Crippen LogP) is 12.9. The van der Waals surface area contributed by atoms with Crippen LogP contribution in [0.5, 0.6) is 0 Å². The number of carbonyl (C=O) groups excluding carboxylic acids is 1. The minimum absolute atomic E-state index is 0.0671. The maximum absolute atomic E-state index is 12.9. The SMILES string of the molecule is CCCCCCCCCCCCCCCCCCCCCCCCOCC(COP(=O)(O)OC1C(O)C(O)C(O)C(O)C1O)OC(=O)CCCCCCCCCCCCCCCCCCC. The van der Waals surface area contributed by atoms with Gasteiger partial charge in [0.2, 0.25) is 0 Å². The van der Waals surface area contributed by atoms with Gasteiger partial charge >= 0.3 is 13.8 Å². The van der Waals surface area contributed by atoms with Crippen molar-refractivity contribution in [1.29, 1.82) is 0 Å². The molecule has 0 radical (unpaired) electrons. The number of ether oxygens (including phenoxy) is 2. The van der Waals surface area contributed by atoms with Gasteiger partial charge in [0.1, 0.15) is 42.7 Å². The first-order chi connectivity index (χ1) is 32.0. The zero-order valence-corrected chi connectivity index (χ0v) is 43.4. The van der Waals surface area contributed by atoms with E-state index in [4.69, 9.17) is 18.5 Å². The molecule has 0 aromatic carbocycles. The Bertz CT molecular complexity index is 1100. The molecule has 1 aliphatic carbocycles. The normalized spacial score (nSPS) is 21.3. The molecule has 0 bridgehead atoms. The quantitative estimate of drug-likeness (QED) is 0.0192. The van der Waals surface area contributed by atoms with Gasteiger partial charge in [0.15, 0.2) is 0 Å². The smallest absolute Gasteiger partial charge is 0.457 e. The minimum atomic E-state index is -5.02. The fourth-order valence-electron chi connectivity index (χ4n) is 9.07. The number of rotatable bonds is 49. The maximum Gasteiger partial charge on any atom is 0.472 e. The Kier molecular flexibility index (Phi) is 42.5. The molecule has 1 rings (SSSR count). The second-order valence-electron chi connectivity index (χ2n) is 19.8. The van der Waals surface area contributed by atoms with Crippen molar-refractivity contribution in [3.8, 4) is 0 Å². The first-order valence-electron chi connectivity index (χ1n) is 27.9. The Hall–Kier alpha value is -0.660. The van der Waals surface area contributed by atoms with Gasteiger partial charge in [0.25, 0.3) is 0 Å². The molecule has 66 heavy (non-hydrogen) atoms. The molecule has 0 aliphatic heterocycles. The molecule has 6 N–H and O–H groups in total. The van der Waals surface area contributed by atoms with Gasteiger partial charge in [-0.05, 0) is 12.8 Å². The number of aliphatic hydroxyl groups excluding tert-OH is 5. The summed E-state index contributed by atoms with van der Waals surface area (Å²) in [7, 11) is -5.02. The first kappa shape index (κ1) is 63.4. The van der Waals surface area contributed by atoms with E-state index in [1.807, 2.05) is 0 Å². The highest BCUT2D eigenvalue weighted by Gasteiger charge is 2.51. The third-order valence-corrected chi connectivity index (χ3v) is 14.5. The lowest BCUT2D eigenvalue weighted by molar-refractivity contribution is -0.220. The molecule has 0 saturated heterocycles. The molecule has 0 amide bonds. The van der Waals surface area contributed by atoms with Gasteiger partial charge in [0, 0.05) is 13.0 Å². The molecule has 0 spiro atoms. The number of unbranched alkanes of at least 4 members (excludes halogenated alkanes) is 37. The van der Waals surface area contributed by atoms with Crippen LogP contribution >= 0.6 is 7.82 Å². The van der Waals surface area contributed by atoms with Crippen LogP contribution in [0.2, 0.25) is 0 Å². The van der Waals surface area contributed by atoms with Crippen LogP contribution in [0.1, 0.15) is 271 Å². The Morgan fingerprint density at radius 1 is 0.424 bits per heavy atom. The van der Waals surface area contributed by atoms with E-state index in [1.165, 1.54) is 205 Å². The lowest BCUT2D eigenvalue weighted by Gasteiger charge is -2.41. The van der Waals surface area contributed by atoms with Crippen molar-refractivity contribution in [2.24, 2.45) is 0 Å². The molecule has 12 nitrogen and oxygen atoms in total. The van der Waals surface area contributed by atoms with Crippen molar-refractivity contribution in [3.63, 3.8) is 0 Å². The first-order valence-corrected chi connectivity index (χ1v) is 29.4. The van der Waals surface area contributed by atoms with Crippen LogP contribution in [0.25, 0.3) is 0 Å². The fraction of sp³-hybridized carbons (Fsp3) is 0.981. The average molecular weight is 965 g/mol. The molecule has 1 fully saturated rings. The van der Waals surface area contributed by atoms with Gasteiger partial charge in [-0.1, -0.05) is 251 Å². The molecule has 1 saturated carbocycles. The van der Waals surface area contributed by atoms with Crippen LogP contribution in [0.15, 0.2) is 0 Å². The number of esters is 1. The summed E-state index contributed by atoms with van der Waals surface area (Å²) in [6.45, 7) is 4.33. The average Bonchev–Trinajstić information content (AvgIpc) is 3.30. The molecule has 6 atom stereocenters. The number of aliphatic hydroxyl groups is 5. The molecule has 394 valence electrons. The third kappa shape index (κ3) is 35.4. The van der Waals surface area contributed by atoms with E-state index in [-0.39, 0.29) is 13.0 Å². The van der Waals surface area contributed by atoms with Gasteiger partial charge < -0.3 is 39.9 Å². The van der Waals surface area contributed by atoms with Gasteiger partial charge in [-0.3, -0.25) is 13.8 Å². The van der Waals surface area contributed by atoms with E-state index < -0.39 is 63.1 Å². The fourth-order valence-corrected chi connectivity index (χ4v) is 10.0. The van der Waals surface area contributed by atoms with Crippen molar-refractivity contribution >= 4 is 13.8 Å². The van der Waals surface area contributed by atoms with E-state index in [2.05, 4.69) is 13.8 Å². The molecular formula is C53H105O12P. The Labute approximate surface area is 404 Å². The molecule has 0 heterocycles. The summed E-state index contributed by atoms with van der Waals surface area (Å²) in [5, 5.41) is 50.4. The van der Waals surface area contributed by atoms with Crippen molar-refractivity contribution < 1.29 is 58.3 Å². The van der Waals surface area contributed by atoms with Gasteiger partial charge in [-0.2, -0.15) is 0 Å². The number of carbonyl (C=O) groups is 1. The second kappa shape index (κ2) is 44.3. The van der Waals surface area contributed by atoms with Crippen LogP contribution in [-0.4, -0.2) is 98.9 Å². The van der Waals surface area contributed by atoms with Gasteiger partial charge in [-0.25, -0.2) is 4.57 Å². The summed E-state index contributed by atoms with van der Waals surface area (Å²) in [6, 6.07) is 0. The zero-order valence-electron chi connectivity index (χ0n) is 42.5. The number of phosphoric ester groups is 1. The highest BCUT2D eigenvalue weighted by molar-refractivity contribution is 7.47. The summed E-state index contributed by atoms with van der Waals surface area (Å²) in [6.07, 6.45) is 37.4. The number of phosphoric acid groups is 1. The highest BCUT2D eigenvalue weighted by Crippen LogP contribution is 2.47. The third-order valence-electron chi connectivity index (χ3n) is 13.5. The standard InChI is InChI=1S/C53H105O12P/c1-3-5-7-9-11-13-15-17-19-21-22-23-24-25-27-29-31-33-35-37-39-41-43-62-44-46(45-63-66(60,61)65-53-51(58)49(56)48(55)50(57)52(53)59)64-47(54)42-40-38-36-34-32-30-28-26-20-18-16-14-12-10-8-6-4-2/h46,48-53,55-59H,3-45H2,1-2H3,(H,60,61). The largest absolute Gasteiger partial charge is 0.472 e. The number of hydrogen-bond acceptors (Lipinski definition) is 11. The lowest BCUT2D eigenvalue weighted by Crippen LogP contribution is -2.64. The van der Waals surface area contributed by atoms with E-state index >= 15 is 0 Å². The van der Waals surface area contributed by atoms with Crippen molar-refractivity contribution in [2.75, 3.05) is 19.8 Å². The highest BCUT2D eigenvalue weighted by atomic mass is 31.2. The zero-order chi connectivity index (χ0) is 48.4.